The van der Waals surface area contributed by atoms with E-state index in [2.05, 4.69) is 4.90 Å². The molecule has 42 heavy (non-hydrogen) atoms. The third kappa shape index (κ3) is 8.70. The predicted octanol–water partition coefficient (Wildman–Crippen LogP) is 6.58. The van der Waals surface area contributed by atoms with Gasteiger partial charge in [0.15, 0.2) is 0 Å². The molecule has 2 aromatic rings. The average Bonchev–Trinajstić information content (AvgIpc) is 3.20. The highest BCUT2D eigenvalue weighted by Gasteiger charge is 2.33. The first-order valence-electron chi connectivity index (χ1n) is 13.4. The lowest BCUT2D eigenvalue weighted by molar-refractivity contribution is -0.138. The topological polar surface area (TPSA) is 79.3 Å². The number of nitrogens with zero attached hydrogens (tertiary/aromatic N) is 2. The predicted molar refractivity (Wildman–Crippen MR) is 161 cm³/mol. The fraction of sp³-hybridized carbons (Fsp3) is 0.414. The Kier molecular flexibility index (Phi) is 11.3. The Labute approximate surface area is 256 Å². The highest BCUT2D eigenvalue weighted by Crippen LogP contribution is 2.39. The fourth-order valence-corrected chi connectivity index (χ4v) is 6.15. The van der Waals surface area contributed by atoms with E-state index in [-0.39, 0.29) is 12.3 Å². The van der Waals surface area contributed by atoms with Crippen LogP contribution in [0, 0.1) is 0 Å². The first-order chi connectivity index (χ1) is 20.0. The van der Waals surface area contributed by atoms with Gasteiger partial charge in [-0.15, -0.1) is 0 Å². The van der Waals surface area contributed by atoms with E-state index in [1.807, 2.05) is 0 Å². The van der Waals surface area contributed by atoms with Crippen LogP contribution in [0.5, 0.6) is 5.75 Å². The number of hydrogen-bond donors (Lipinski definition) is 1. The van der Waals surface area contributed by atoms with Crippen LogP contribution in [0.4, 0.5) is 13.2 Å². The Morgan fingerprint density at radius 2 is 1.81 bits per heavy atom. The maximum Gasteiger partial charge on any atom is 0.417 e. The lowest BCUT2D eigenvalue weighted by Gasteiger charge is -2.26. The van der Waals surface area contributed by atoms with E-state index >= 15 is 0 Å². The molecule has 2 heterocycles. The number of morpholine rings is 1. The van der Waals surface area contributed by atoms with Crippen LogP contribution in [0.3, 0.4) is 0 Å². The number of aliphatic carboxylic acids is 1. The van der Waals surface area contributed by atoms with E-state index in [1.54, 1.807) is 24.3 Å². The standard InChI is InChI=1S/C29H30ClF3N2O5S2/c30-23-17-20(5-7-22(23)29(31,32)33)19-6-8-24(40-15-12-34-10-13-39-14-11-34)21(16-19)18-25-27(38)35(28(41)42-25)9-3-1-2-4-26(36)37/h5-8,16-18H,1-4,9-15H2,(H,36,37)/b25-18-. The summed E-state index contributed by atoms with van der Waals surface area (Å²) in [5.41, 5.74) is 0.748. The summed E-state index contributed by atoms with van der Waals surface area (Å²) in [7, 11) is 0. The molecular formula is C29H30ClF3N2O5S2. The SMILES string of the molecule is O=C(O)CCCCCN1C(=O)/C(=C/c2cc(-c3ccc(C(F)(F)F)c(Cl)c3)ccc2OCCN2CCOCC2)SC1=S. The Morgan fingerprint density at radius 3 is 2.50 bits per heavy atom. The number of carbonyl (C=O) groups is 2. The molecule has 0 spiro atoms. The highest BCUT2D eigenvalue weighted by molar-refractivity contribution is 8.26. The van der Waals surface area contributed by atoms with Crippen molar-refractivity contribution in [3.05, 3.63) is 57.5 Å². The molecule has 2 aromatic carbocycles. The molecule has 1 N–H and O–H groups in total. The number of halogens is 4. The summed E-state index contributed by atoms with van der Waals surface area (Å²) in [4.78, 5) is 28.1. The molecule has 2 fully saturated rings. The Bertz CT molecular complexity index is 1350. The minimum absolute atomic E-state index is 0.0765. The van der Waals surface area contributed by atoms with Gasteiger partial charge in [-0.1, -0.05) is 54.1 Å². The highest BCUT2D eigenvalue weighted by atomic mass is 35.5. The number of carboxylic acid groups (broad SMARTS) is 1. The molecule has 0 saturated carbocycles. The van der Waals surface area contributed by atoms with Crippen LogP contribution in [-0.4, -0.2) is 77.1 Å². The summed E-state index contributed by atoms with van der Waals surface area (Å²) in [6, 6.07) is 8.80. The van der Waals surface area contributed by atoms with E-state index in [0.29, 0.717) is 83.8 Å². The second-order valence-electron chi connectivity index (χ2n) is 9.79. The summed E-state index contributed by atoms with van der Waals surface area (Å²) in [5, 5.41) is 8.40. The van der Waals surface area contributed by atoms with E-state index < -0.39 is 22.7 Å². The van der Waals surface area contributed by atoms with Gasteiger partial charge in [0.25, 0.3) is 5.91 Å². The van der Waals surface area contributed by atoms with Crippen LogP contribution in [0.1, 0.15) is 36.8 Å². The number of thiocarbonyl (C=S) groups is 1. The zero-order valence-electron chi connectivity index (χ0n) is 22.6. The number of carboxylic acids is 1. The number of thioether (sulfide) groups is 1. The Morgan fingerprint density at radius 1 is 1.10 bits per heavy atom. The average molecular weight is 643 g/mol. The molecule has 2 saturated heterocycles. The van der Waals surface area contributed by atoms with Gasteiger partial charge in [0.2, 0.25) is 0 Å². The molecule has 0 unspecified atom stereocenters. The largest absolute Gasteiger partial charge is 0.492 e. The molecule has 7 nitrogen and oxygen atoms in total. The van der Waals surface area contributed by atoms with Crippen LogP contribution in [0.25, 0.3) is 17.2 Å². The number of rotatable bonds is 12. The third-order valence-corrected chi connectivity index (χ3v) is 8.51. The maximum atomic E-state index is 13.2. The van der Waals surface area contributed by atoms with E-state index in [1.165, 1.54) is 17.0 Å². The molecule has 0 atom stereocenters. The monoisotopic (exact) mass is 642 g/mol. The van der Waals surface area contributed by atoms with Crippen LogP contribution >= 0.6 is 35.6 Å². The number of hydrogen-bond acceptors (Lipinski definition) is 7. The first-order valence-corrected chi connectivity index (χ1v) is 15.0. The molecule has 0 bridgehead atoms. The fourth-order valence-electron chi connectivity index (χ4n) is 4.56. The van der Waals surface area contributed by atoms with Gasteiger partial charge in [-0.25, -0.2) is 0 Å². The summed E-state index contributed by atoms with van der Waals surface area (Å²) in [6.45, 7) is 4.40. The van der Waals surface area contributed by atoms with Crippen molar-refractivity contribution >= 4 is 57.9 Å². The van der Waals surface area contributed by atoms with E-state index in [0.717, 1.165) is 30.9 Å². The zero-order valence-corrected chi connectivity index (χ0v) is 25.0. The molecule has 1 amide bonds. The van der Waals surface area contributed by atoms with E-state index in [9.17, 15) is 22.8 Å². The first kappa shape index (κ1) is 32.3. The van der Waals surface area contributed by atoms with Crippen molar-refractivity contribution in [2.24, 2.45) is 0 Å². The molecule has 13 heteroatoms. The summed E-state index contributed by atoms with van der Waals surface area (Å²) < 4.78 is 51.6. The molecule has 4 rings (SSSR count). The second kappa shape index (κ2) is 14.7. The summed E-state index contributed by atoms with van der Waals surface area (Å²) in [6.07, 6.45) is -1.01. The van der Waals surface area contributed by atoms with Crippen molar-refractivity contribution < 1.29 is 37.3 Å². The smallest absolute Gasteiger partial charge is 0.417 e. The molecule has 226 valence electrons. The molecule has 2 aliphatic heterocycles. The molecule has 2 aliphatic rings. The zero-order chi connectivity index (χ0) is 30.3. The van der Waals surface area contributed by atoms with Crippen LogP contribution < -0.4 is 4.74 Å². The number of alkyl halides is 3. The van der Waals surface area contributed by atoms with Crippen molar-refractivity contribution in [1.82, 2.24) is 9.80 Å². The van der Waals surface area contributed by atoms with Gasteiger partial charge in [0.05, 0.1) is 28.7 Å². The lowest BCUT2D eigenvalue weighted by atomic mass is 10.0. The summed E-state index contributed by atoms with van der Waals surface area (Å²) >= 11 is 12.6. The number of carbonyl (C=O) groups excluding carboxylic acids is 1. The van der Waals surface area contributed by atoms with Crippen LogP contribution in [0.2, 0.25) is 5.02 Å². The third-order valence-electron chi connectivity index (χ3n) is 6.82. The number of ether oxygens (including phenoxy) is 2. The van der Waals surface area contributed by atoms with E-state index in [4.69, 9.17) is 38.4 Å². The van der Waals surface area contributed by atoms with Crippen molar-refractivity contribution in [3.63, 3.8) is 0 Å². The molecule has 0 aliphatic carbocycles. The number of benzene rings is 2. The molecule has 0 aromatic heterocycles. The second-order valence-corrected chi connectivity index (χ2v) is 11.9. The van der Waals surface area contributed by atoms with Gasteiger partial charge < -0.3 is 14.6 Å². The van der Waals surface area contributed by atoms with Crippen molar-refractivity contribution in [2.45, 2.75) is 31.9 Å². The Hall–Kier alpha value is -2.64. The number of amides is 1. The van der Waals surface area contributed by atoms with Gasteiger partial charge in [0, 0.05) is 38.2 Å². The quantitative estimate of drug-likeness (QED) is 0.158. The minimum atomic E-state index is -4.57. The van der Waals surface area contributed by atoms with Gasteiger partial charge in [-0.05, 0) is 54.3 Å². The van der Waals surface area contributed by atoms with Crippen LogP contribution in [0.15, 0.2) is 41.3 Å². The van der Waals surface area contributed by atoms with Crippen LogP contribution in [-0.2, 0) is 20.5 Å². The molecule has 0 radical (unpaired) electrons. The van der Waals surface area contributed by atoms with Crippen molar-refractivity contribution in [1.29, 1.82) is 0 Å². The van der Waals surface area contributed by atoms with Crippen molar-refractivity contribution in [3.8, 4) is 16.9 Å². The lowest BCUT2D eigenvalue weighted by Crippen LogP contribution is -2.38. The summed E-state index contributed by atoms with van der Waals surface area (Å²) in [5.74, 6) is -0.596. The normalized spacial score (nSPS) is 17.3. The molecular weight excluding hydrogens is 613 g/mol. The number of unbranched alkanes of at least 4 members (excludes halogenated alkanes) is 2. The maximum absolute atomic E-state index is 13.2. The van der Waals surface area contributed by atoms with Gasteiger partial charge >= 0.3 is 12.1 Å². The van der Waals surface area contributed by atoms with Crippen molar-refractivity contribution in [2.75, 3.05) is 46.0 Å². The Balaban J connectivity index is 1.56. The van der Waals surface area contributed by atoms with Gasteiger partial charge in [-0.3, -0.25) is 19.4 Å². The van der Waals surface area contributed by atoms with Gasteiger partial charge in [0.1, 0.15) is 16.7 Å². The minimum Gasteiger partial charge on any atom is -0.492 e. The van der Waals surface area contributed by atoms with Gasteiger partial charge in [-0.2, -0.15) is 13.2 Å².